The number of carbonyl (C=O) groups excluding carboxylic acids is 1. The van der Waals surface area contributed by atoms with Gasteiger partial charge < -0.3 is 13.8 Å². The minimum absolute atomic E-state index is 0.0136. The summed E-state index contributed by atoms with van der Waals surface area (Å²) >= 11 is 0. The van der Waals surface area contributed by atoms with E-state index >= 15 is 0 Å². The zero-order chi connectivity index (χ0) is 15.4. The number of likely N-dealkylation sites (tertiary alicyclic amines) is 1. The lowest BCUT2D eigenvalue weighted by molar-refractivity contribution is -0.127. The molecule has 0 aromatic carbocycles. The average molecular weight is 301 g/mol. The predicted octanol–water partition coefficient (Wildman–Crippen LogP) is 2.64. The van der Waals surface area contributed by atoms with Gasteiger partial charge in [0.15, 0.2) is 5.82 Å². The third-order valence-electron chi connectivity index (χ3n) is 3.82. The number of nitrogens with zero attached hydrogens (tertiary/aromatic N) is 3. The summed E-state index contributed by atoms with van der Waals surface area (Å²) in [6, 6.07) is 3.61. The van der Waals surface area contributed by atoms with Gasteiger partial charge >= 0.3 is 0 Å². The van der Waals surface area contributed by atoms with Crippen LogP contribution < -0.4 is 0 Å². The monoisotopic (exact) mass is 301 g/mol. The Morgan fingerprint density at radius 2 is 2.45 bits per heavy atom. The standard InChI is InChI=1S/C16H19N3O3/c1-2-14-17-16(18-22-14)12-5-3-9-19(11-12)15(20)8-7-13-6-4-10-21-13/h4,6-8,10,12H,2-3,5,9,11H2,1H3. The highest BCUT2D eigenvalue weighted by Crippen LogP contribution is 2.25. The Labute approximate surface area is 128 Å². The van der Waals surface area contributed by atoms with Crippen molar-refractivity contribution in [3.05, 3.63) is 41.9 Å². The Bertz CT molecular complexity index is 645. The largest absolute Gasteiger partial charge is 0.465 e. The molecule has 1 fully saturated rings. The first-order valence-corrected chi connectivity index (χ1v) is 7.59. The van der Waals surface area contributed by atoms with Gasteiger partial charge in [-0.3, -0.25) is 4.79 Å². The van der Waals surface area contributed by atoms with Gasteiger partial charge in [0, 0.05) is 31.5 Å². The molecule has 0 saturated carbocycles. The van der Waals surface area contributed by atoms with Crippen molar-refractivity contribution >= 4 is 12.0 Å². The van der Waals surface area contributed by atoms with Gasteiger partial charge in [0.1, 0.15) is 5.76 Å². The molecule has 1 atom stereocenters. The van der Waals surface area contributed by atoms with Crippen molar-refractivity contribution in [2.45, 2.75) is 32.1 Å². The molecule has 0 spiro atoms. The number of aromatic nitrogens is 2. The van der Waals surface area contributed by atoms with Gasteiger partial charge in [-0.25, -0.2) is 0 Å². The Balaban J connectivity index is 1.63. The number of piperidine rings is 1. The second-order valence-electron chi connectivity index (χ2n) is 5.37. The van der Waals surface area contributed by atoms with Gasteiger partial charge in [-0.15, -0.1) is 0 Å². The van der Waals surface area contributed by atoms with Crippen LogP contribution in [0.2, 0.25) is 0 Å². The third-order valence-corrected chi connectivity index (χ3v) is 3.82. The van der Waals surface area contributed by atoms with Crippen molar-refractivity contribution in [1.29, 1.82) is 0 Å². The zero-order valence-corrected chi connectivity index (χ0v) is 12.6. The van der Waals surface area contributed by atoms with Crippen LogP contribution >= 0.6 is 0 Å². The summed E-state index contributed by atoms with van der Waals surface area (Å²) in [6.07, 6.45) is 7.48. The summed E-state index contributed by atoms with van der Waals surface area (Å²) in [5.41, 5.74) is 0. The fraction of sp³-hybridized carbons (Fsp3) is 0.438. The molecule has 0 bridgehead atoms. The topological polar surface area (TPSA) is 72.4 Å². The molecule has 0 aliphatic carbocycles. The van der Waals surface area contributed by atoms with Gasteiger partial charge in [-0.05, 0) is 31.1 Å². The van der Waals surface area contributed by atoms with Crippen molar-refractivity contribution in [1.82, 2.24) is 15.0 Å². The van der Waals surface area contributed by atoms with E-state index in [0.717, 1.165) is 25.8 Å². The number of hydrogen-bond acceptors (Lipinski definition) is 5. The maximum atomic E-state index is 12.3. The van der Waals surface area contributed by atoms with Crippen molar-refractivity contribution < 1.29 is 13.7 Å². The normalized spacial score (nSPS) is 19.0. The first kappa shape index (κ1) is 14.6. The third kappa shape index (κ3) is 3.27. The van der Waals surface area contributed by atoms with E-state index in [1.807, 2.05) is 17.9 Å². The van der Waals surface area contributed by atoms with Crippen LogP contribution in [0.1, 0.15) is 43.2 Å². The van der Waals surface area contributed by atoms with Gasteiger partial charge in [-0.1, -0.05) is 12.1 Å². The van der Waals surface area contributed by atoms with Crippen LogP contribution in [0, 0.1) is 0 Å². The van der Waals surface area contributed by atoms with Gasteiger partial charge in [-0.2, -0.15) is 4.98 Å². The van der Waals surface area contributed by atoms with E-state index in [0.29, 0.717) is 24.0 Å². The maximum Gasteiger partial charge on any atom is 0.246 e. The number of rotatable bonds is 4. The molecule has 3 heterocycles. The molecule has 0 radical (unpaired) electrons. The molecule has 22 heavy (non-hydrogen) atoms. The van der Waals surface area contributed by atoms with Crippen molar-refractivity contribution in [2.24, 2.45) is 0 Å². The summed E-state index contributed by atoms with van der Waals surface area (Å²) in [4.78, 5) is 18.5. The number of hydrogen-bond donors (Lipinski definition) is 0. The predicted molar refractivity (Wildman–Crippen MR) is 80.0 cm³/mol. The molecule has 6 heteroatoms. The van der Waals surface area contributed by atoms with Crippen molar-refractivity contribution in [3.8, 4) is 0 Å². The lowest BCUT2D eigenvalue weighted by atomic mass is 9.97. The highest BCUT2D eigenvalue weighted by molar-refractivity contribution is 5.91. The molecular weight excluding hydrogens is 282 g/mol. The lowest BCUT2D eigenvalue weighted by Gasteiger charge is -2.30. The van der Waals surface area contributed by atoms with Crippen LogP contribution in [-0.2, 0) is 11.2 Å². The first-order valence-electron chi connectivity index (χ1n) is 7.59. The lowest BCUT2D eigenvalue weighted by Crippen LogP contribution is -2.38. The van der Waals surface area contributed by atoms with E-state index in [1.54, 1.807) is 24.5 Å². The molecular formula is C16H19N3O3. The first-order chi connectivity index (χ1) is 10.8. The number of aryl methyl sites for hydroxylation is 1. The van der Waals surface area contributed by atoms with E-state index in [-0.39, 0.29) is 11.8 Å². The smallest absolute Gasteiger partial charge is 0.246 e. The van der Waals surface area contributed by atoms with E-state index in [2.05, 4.69) is 10.1 Å². The zero-order valence-electron chi connectivity index (χ0n) is 12.6. The van der Waals surface area contributed by atoms with Crippen molar-refractivity contribution in [2.75, 3.05) is 13.1 Å². The highest BCUT2D eigenvalue weighted by Gasteiger charge is 2.27. The van der Waals surface area contributed by atoms with Gasteiger partial charge in [0.05, 0.1) is 6.26 Å². The molecule has 1 aliphatic rings. The minimum atomic E-state index is -0.0136. The highest BCUT2D eigenvalue weighted by atomic mass is 16.5. The van der Waals surface area contributed by atoms with Crippen LogP contribution in [0.25, 0.3) is 6.08 Å². The number of amides is 1. The number of carbonyl (C=O) groups is 1. The van der Waals surface area contributed by atoms with Crippen molar-refractivity contribution in [3.63, 3.8) is 0 Å². The molecule has 1 saturated heterocycles. The molecule has 3 rings (SSSR count). The molecule has 116 valence electrons. The SMILES string of the molecule is CCc1nc(C2CCCN(C(=O)C=Cc3ccco3)C2)no1. The second-order valence-corrected chi connectivity index (χ2v) is 5.37. The molecule has 2 aromatic rings. The van der Waals surface area contributed by atoms with E-state index in [9.17, 15) is 4.79 Å². The number of furan rings is 1. The van der Waals surface area contributed by atoms with Gasteiger partial charge in [0.25, 0.3) is 0 Å². The van der Waals surface area contributed by atoms with Crippen LogP contribution in [0.15, 0.2) is 33.4 Å². The molecule has 0 N–H and O–H groups in total. The Morgan fingerprint density at radius 3 is 3.18 bits per heavy atom. The Kier molecular flexibility index (Phi) is 4.37. The molecule has 6 nitrogen and oxygen atoms in total. The van der Waals surface area contributed by atoms with Crippen LogP contribution in [0.4, 0.5) is 0 Å². The van der Waals surface area contributed by atoms with Crippen LogP contribution in [0.3, 0.4) is 0 Å². The Morgan fingerprint density at radius 1 is 1.55 bits per heavy atom. The van der Waals surface area contributed by atoms with E-state index in [1.165, 1.54) is 0 Å². The minimum Gasteiger partial charge on any atom is -0.465 e. The molecule has 2 aromatic heterocycles. The maximum absolute atomic E-state index is 12.3. The quantitative estimate of drug-likeness (QED) is 0.812. The fourth-order valence-electron chi connectivity index (χ4n) is 2.61. The molecule has 1 unspecified atom stereocenters. The van der Waals surface area contributed by atoms with E-state index in [4.69, 9.17) is 8.94 Å². The van der Waals surface area contributed by atoms with Crippen LogP contribution in [-0.4, -0.2) is 34.0 Å². The van der Waals surface area contributed by atoms with E-state index < -0.39 is 0 Å². The summed E-state index contributed by atoms with van der Waals surface area (Å²) in [6.45, 7) is 3.37. The van der Waals surface area contributed by atoms with Crippen LogP contribution in [0.5, 0.6) is 0 Å². The van der Waals surface area contributed by atoms with Gasteiger partial charge in [0.2, 0.25) is 11.8 Å². The average Bonchev–Trinajstić information content (AvgIpc) is 3.24. The summed E-state index contributed by atoms with van der Waals surface area (Å²) in [5.74, 6) is 2.17. The summed E-state index contributed by atoms with van der Waals surface area (Å²) in [5, 5.41) is 4.03. The molecule has 1 aliphatic heterocycles. The Hall–Kier alpha value is -2.37. The second kappa shape index (κ2) is 6.60. The fourth-order valence-corrected chi connectivity index (χ4v) is 2.61. The molecule has 1 amide bonds. The summed E-state index contributed by atoms with van der Waals surface area (Å²) < 4.78 is 10.4. The summed E-state index contributed by atoms with van der Waals surface area (Å²) in [7, 11) is 0.